The number of nitrogens with one attached hydrogen (secondary N) is 1. The molecule has 0 saturated heterocycles. The predicted octanol–water partition coefficient (Wildman–Crippen LogP) is 4.16. The minimum Gasteiger partial charge on any atom is -0.380 e. The normalized spacial score (nSPS) is 20.2. The maximum Gasteiger partial charge on any atom is 0.174 e. The van der Waals surface area contributed by atoms with Crippen molar-refractivity contribution in [2.24, 2.45) is 5.41 Å². The van der Waals surface area contributed by atoms with E-state index in [4.69, 9.17) is 23.2 Å². The zero-order valence-corrected chi connectivity index (χ0v) is 11.6. The van der Waals surface area contributed by atoms with Crippen molar-refractivity contribution in [1.29, 1.82) is 0 Å². The molecule has 0 amide bonds. The van der Waals surface area contributed by atoms with Gasteiger partial charge in [0.2, 0.25) is 0 Å². The van der Waals surface area contributed by atoms with Gasteiger partial charge in [-0.05, 0) is 31.1 Å². The van der Waals surface area contributed by atoms with Crippen LogP contribution in [0.2, 0.25) is 10.3 Å². The molecule has 0 aliphatic heterocycles. The Bertz CT molecular complexity index is 397. The molecule has 1 saturated carbocycles. The van der Waals surface area contributed by atoms with Gasteiger partial charge in [-0.1, -0.05) is 37.0 Å². The van der Waals surface area contributed by atoms with Crippen LogP contribution in [0.3, 0.4) is 0 Å². The summed E-state index contributed by atoms with van der Waals surface area (Å²) >= 11 is 11.8. The molecule has 0 aromatic carbocycles. The molecule has 0 radical (unpaired) electrons. The smallest absolute Gasteiger partial charge is 0.174 e. The Hall–Kier alpha value is -0.540. The number of aromatic nitrogens is 2. The van der Waals surface area contributed by atoms with Gasteiger partial charge in [0.1, 0.15) is 0 Å². The molecule has 1 heterocycles. The molecule has 1 aliphatic rings. The Kier molecular flexibility index (Phi) is 3.79. The van der Waals surface area contributed by atoms with Crippen LogP contribution < -0.4 is 5.32 Å². The summed E-state index contributed by atoms with van der Waals surface area (Å²) in [6, 6.07) is 2.19. The van der Waals surface area contributed by atoms with Gasteiger partial charge >= 0.3 is 0 Å². The standard InChI is InChI=1S/C12H17Cl2N3/c1-12(2)5-3-8(4-6-12)15-9-7-10(13)16-17-11(9)14/h7-8H,3-6H2,1-2H3,(H,15,16). The molecule has 1 N–H and O–H groups in total. The van der Waals surface area contributed by atoms with E-state index in [1.165, 1.54) is 12.8 Å². The van der Waals surface area contributed by atoms with Gasteiger partial charge in [0.25, 0.3) is 0 Å². The van der Waals surface area contributed by atoms with Crippen molar-refractivity contribution in [3.8, 4) is 0 Å². The van der Waals surface area contributed by atoms with Gasteiger partial charge in [-0.15, -0.1) is 10.2 Å². The lowest BCUT2D eigenvalue weighted by Crippen LogP contribution is -2.30. The molecule has 0 unspecified atom stereocenters. The fourth-order valence-corrected chi connectivity index (χ4v) is 2.51. The second kappa shape index (κ2) is 4.99. The average Bonchev–Trinajstić information content (AvgIpc) is 2.26. The third-order valence-electron chi connectivity index (χ3n) is 3.42. The Morgan fingerprint density at radius 1 is 1.24 bits per heavy atom. The Labute approximate surface area is 112 Å². The van der Waals surface area contributed by atoms with Crippen LogP contribution in [0.1, 0.15) is 39.5 Å². The first kappa shape index (κ1) is 12.9. The fourth-order valence-electron chi connectivity index (χ4n) is 2.22. The van der Waals surface area contributed by atoms with Crippen molar-refractivity contribution in [3.05, 3.63) is 16.4 Å². The lowest BCUT2D eigenvalue weighted by molar-refractivity contribution is 0.232. The second-order valence-corrected chi connectivity index (χ2v) is 6.20. The van der Waals surface area contributed by atoms with Crippen LogP contribution in [0.4, 0.5) is 5.69 Å². The van der Waals surface area contributed by atoms with Gasteiger partial charge in [0, 0.05) is 12.1 Å². The van der Waals surface area contributed by atoms with E-state index in [1.54, 1.807) is 6.07 Å². The first-order chi connectivity index (χ1) is 7.96. The molecule has 0 bridgehead atoms. The van der Waals surface area contributed by atoms with Gasteiger partial charge in [0.15, 0.2) is 10.3 Å². The zero-order chi connectivity index (χ0) is 12.5. The van der Waals surface area contributed by atoms with Crippen molar-refractivity contribution in [1.82, 2.24) is 10.2 Å². The summed E-state index contributed by atoms with van der Waals surface area (Å²) in [7, 11) is 0. The van der Waals surface area contributed by atoms with Crippen LogP contribution in [-0.4, -0.2) is 16.2 Å². The number of anilines is 1. The van der Waals surface area contributed by atoms with Crippen molar-refractivity contribution >= 4 is 28.9 Å². The van der Waals surface area contributed by atoms with Crippen molar-refractivity contribution in [3.63, 3.8) is 0 Å². The maximum atomic E-state index is 5.98. The molecule has 17 heavy (non-hydrogen) atoms. The second-order valence-electron chi connectivity index (χ2n) is 5.45. The number of hydrogen-bond acceptors (Lipinski definition) is 3. The molecule has 0 spiro atoms. The SMILES string of the molecule is CC1(C)CCC(Nc2cc(Cl)nnc2Cl)CC1. The lowest BCUT2D eigenvalue weighted by Gasteiger charge is -2.35. The molecule has 1 aliphatic carbocycles. The first-order valence-corrected chi connectivity index (χ1v) is 6.67. The summed E-state index contributed by atoms with van der Waals surface area (Å²) in [5, 5.41) is 11.7. The highest BCUT2D eigenvalue weighted by Gasteiger charge is 2.27. The number of hydrogen-bond donors (Lipinski definition) is 1. The highest BCUT2D eigenvalue weighted by Crippen LogP contribution is 2.36. The zero-order valence-electron chi connectivity index (χ0n) is 10.1. The summed E-state index contributed by atoms with van der Waals surface area (Å²) in [6.45, 7) is 4.64. The third kappa shape index (κ3) is 3.46. The molecule has 3 nitrogen and oxygen atoms in total. The Morgan fingerprint density at radius 3 is 2.53 bits per heavy atom. The van der Waals surface area contributed by atoms with Gasteiger partial charge in [-0.3, -0.25) is 0 Å². The van der Waals surface area contributed by atoms with E-state index >= 15 is 0 Å². The van der Waals surface area contributed by atoms with Crippen LogP contribution in [-0.2, 0) is 0 Å². The van der Waals surface area contributed by atoms with Crippen molar-refractivity contribution < 1.29 is 0 Å². The summed E-state index contributed by atoms with van der Waals surface area (Å²) in [5.74, 6) is 0. The maximum absolute atomic E-state index is 5.98. The van der Waals surface area contributed by atoms with Gasteiger partial charge in [-0.25, -0.2) is 0 Å². The monoisotopic (exact) mass is 273 g/mol. The Balaban J connectivity index is 2.00. The van der Waals surface area contributed by atoms with E-state index in [1.807, 2.05) is 0 Å². The van der Waals surface area contributed by atoms with Crippen LogP contribution in [0.25, 0.3) is 0 Å². The number of rotatable bonds is 2. The van der Waals surface area contributed by atoms with E-state index in [9.17, 15) is 0 Å². The minimum absolute atomic E-state index is 0.369. The van der Waals surface area contributed by atoms with Gasteiger partial charge in [-0.2, -0.15) is 0 Å². The molecule has 0 atom stereocenters. The number of nitrogens with zero attached hydrogens (tertiary/aromatic N) is 2. The largest absolute Gasteiger partial charge is 0.380 e. The van der Waals surface area contributed by atoms with Crippen LogP contribution >= 0.6 is 23.2 Å². The fraction of sp³-hybridized carbons (Fsp3) is 0.667. The molecule has 1 fully saturated rings. The van der Waals surface area contributed by atoms with Crippen molar-refractivity contribution in [2.75, 3.05) is 5.32 Å². The molecule has 2 rings (SSSR count). The first-order valence-electron chi connectivity index (χ1n) is 5.91. The van der Waals surface area contributed by atoms with Crippen LogP contribution in [0, 0.1) is 5.41 Å². The number of halogens is 2. The Morgan fingerprint density at radius 2 is 1.88 bits per heavy atom. The molecule has 5 heteroatoms. The van der Waals surface area contributed by atoms with Crippen molar-refractivity contribution in [2.45, 2.75) is 45.6 Å². The van der Waals surface area contributed by atoms with E-state index in [-0.39, 0.29) is 0 Å². The summed E-state index contributed by atoms with van der Waals surface area (Å²) < 4.78 is 0. The third-order valence-corrected chi connectivity index (χ3v) is 3.88. The highest BCUT2D eigenvalue weighted by atomic mass is 35.5. The topological polar surface area (TPSA) is 37.8 Å². The minimum atomic E-state index is 0.369. The highest BCUT2D eigenvalue weighted by molar-refractivity contribution is 6.33. The van der Waals surface area contributed by atoms with Crippen LogP contribution in [0.15, 0.2) is 6.07 Å². The summed E-state index contributed by atoms with van der Waals surface area (Å²) in [5.41, 5.74) is 1.26. The average molecular weight is 274 g/mol. The van der Waals surface area contributed by atoms with E-state index in [0.717, 1.165) is 18.5 Å². The van der Waals surface area contributed by atoms with E-state index < -0.39 is 0 Å². The van der Waals surface area contributed by atoms with Gasteiger partial charge < -0.3 is 5.32 Å². The van der Waals surface area contributed by atoms with Crippen LogP contribution in [0.5, 0.6) is 0 Å². The summed E-state index contributed by atoms with van der Waals surface area (Å²) in [4.78, 5) is 0. The molecule has 1 aromatic heterocycles. The summed E-state index contributed by atoms with van der Waals surface area (Å²) in [6.07, 6.45) is 4.77. The van der Waals surface area contributed by atoms with E-state index in [2.05, 4.69) is 29.4 Å². The van der Waals surface area contributed by atoms with Gasteiger partial charge in [0.05, 0.1) is 5.69 Å². The molecule has 94 valence electrons. The molecule has 1 aromatic rings. The lowest BCUT2D eigenvalue weighted by atomic mass is 9.75. The molecular formula is C12H17Cl2N3. The molecular weight excluding hydrogens is 257 g/mol. The predicted molar refractivity (Wildman–Crippen MR) is 71.7 cm³/mol. The quantitative estimate of drug-likeness (QED) is 0.879. The van der Waals surface area contributed by atoms with E-state index in [0.29, 0.717) is 21.8 Å².